The van der Waals surface area contributed by atoms with Gasteiger partial charge in [0, 0.05) is 62.6 Å². The van der Waals surface area contributed by atoms with E-state index < -0.39 is 0 Å². The molecule has 9 nitrogen and oxygen atoms in total. The lowest BCUT2D eigenvalue weighted by atomic mass is 9.84. The van der Waals surface area contributed by atoms with Gasteiger partial charge in [-0.3, -0.25) is 9.88 Å². The van der Waals surface area contributed by atoms with E-state index in [1.165, 1.54) is 16.8 Å². The third kappa shape index (κ3) is 4.38. The highest BCUT2D eigenvalue weighted by atomic mass is 16.5. The lowest BCUT2D eigenvalue weighted by Crippen LogP contribution is -2.70. The van der Waals surface area contributed by atoms with E-state index in [2.05, 4.69) is 56.2 Å². The molecule has 0 bridgehead atoms. The number of pyridine rings is 1. The summed E-state index contributed by atoms with van der Waals surface area (Å²) in [6.45, 7) is 11.5. The predicted octanol–water partition coefficient (Wildman–Crippen LogP) is 1.41. The normalized spacial score (nSPS) is 26.2. The summed E-state index contributed by atoms with van der Waals surface area (Å²) in [5.74, 6) is 0. The Balaban J connectivity index is 0.928. The SMILES string of the molecule is [B]c1ccc2c(N3C[C@H](CN4CC5(C4)OCc4cc(N6CC7(CNCCO7)C6)ccc45)O[C@H](C)C3)ccc(C#N)c2n1. The first-order valence-electron chi connectivity index (χ1n) is 15.0. The fourth-order valence-corrected chi connectivity index (χ4v) is 7.66. The zero-order valence-corrected chi connectivity index (χ0v) is 24.0. The van der Waals surface area contributed by atoms with Crippen LogP contribution in [0.4, 0.5) is 11.4 Å². The van der Waals surface area contributed by atoms with E-state index in [9.17, 15) is 5.26 Å². The lowest BCUT2D eigenvalue weighted by molar-refractivity contribution is -0.155. The number of benzene rings is 2. The Morgan fingerprint density at radius 2 is 1.95 bits per heavy atom. The molecular weight excluding hydrogens is 527 g/mol. The maximum atomic E-state index is 9.60. The van der Waals surface area contributed by atoms with Gasteiger partial charge in [-0.05, 0) is 54.0 Å². The van der Waals surface area contributed by atoms with Crippen molar-refractivity contribution in [2.45, 2.75) is 36.9 Å². The molecule has 2 atom stereocenters. The molecule has 1 aromatic heterocycles. The molecular formula is C32H35BN6O3. The number of likely N-dealkylation sites (tertiary alicyclic amines) is 1. The molecule has 2 radical (unpaired) electrons. The largest absolute Gasteiger partial charge is 0.370 e. The van der Waals surface area contributed by atoms with Crippen LogP contribution in [0.2, 0.25) is 0 Å². The topological polar surface area (TPSA) is 86.1 Å². The highest BCUT2D eigenvalue weighted by molar-refractivity contribution is 6.31. The molecule has 3 aromatic rings. The Bertz CT molecular complexity index is 1570. The van der Waals surface area contributed by atoms with Crippen LogP contribution in [-0.2, 0) is 26.4 Å². The number of aromatic nitrogens is 1. The molecule has 0 aliphatic carbocycles. The molecule has 42 heavy (non-hydrogen) atoms. The summed E-state index contributed by atoms with van der Waals surface area (Å²) in [4.78, 5) is 11.7. The molecule has 5 aliphatic heterocycles. The van der Waals surface area contributed by atoms with Crippen molar-refractivity contribution in [2.75, 3.05) is 75.3 Å². The number of anilines is 2. The second-order valence-electron chi connectivity index (χ2n) is 12.7. The lowest BCUT2D eigenvalue weighted by Gasteiger charge is -2.53. The number of rotatable bonds is 4. The Morgan fingerprint density at radius 3 is 2.76 bits per heavy atom. The maximum absolute atomic E-state index is 9.60. The summed E-state index contributed by atoms with van der Waals surface area (Å²) < 4.78 is 19.0. The van der Waals surface area contributed by atoms with E-state index in [-0.39, 0.29) is 23.4 Å². The van der Waals surface area contributed by atoms with Crippen molar-refractivity contribution in [1.29, 1.82) is 5.26 Å². The van der Waals surface area contributed by atoms with Crippen LogP contribution in [0.25, 0.3) is 10.9 Å². The van der Waals surface area contributed by atoms with Gasteiger partial charge in [0.25, 0.3) is 0 Å². The third-order valence-corrected chi connectivity index (χ3v) is 9.60. The van der Waals surface area contributed by atoms with E-state index in [1.807, 2.05) is 18.2 Å². The van der Waals surface area contributed by atoms with Crippen LogP contribution >= 0.6 is 0 Å². The minimum absolute atomic E-state index is 0.0181. The van der Waals surface area contributed by atoms with Gasteiger partial charge in [0.05, 0.1) is 49.6 Å². The fourth-order valence-electron chi connectivity index (χ4n) is 7.66. The van der Waals surface area contributed by atoms with Gasteiger partial charge in [0.15, 0.2) is 0 Å². The van der Waals surface area contributed by atoms with Gasteiger partial charge in [0.2, 0.25) is 0 Å². The van der Waals surface area contributed by atoms with Crippen molar-refractivity contribution in [3.05, 3.63) is 59.2 Å². The molecule has 2 aromatic carbocycles. The zero-order chi connectivity index (χ0) is 28.5. The number of nitrogens with zero attached hydrogens (tertiary/aromatic N) is 5. The summed E-state index contributed by atoms with van der Waals surface area (Å²) in [7, 11) is 5.95. The van der Waals surface area contributed by atoms with Crippen molar-refractivity contribution < 1.29 is 14.2 Å². The second-order valence-corrected chi connectivity index (χ2v) is 12.7. The summed E-state index contributed by atoms with van der Waals surface area (Å²) in [5, 5.41) is 14.0. The van der Waals surface area contributed by atoms with E-state index in [0.29, 0.717) is 23.3 Å². The Kier molecular flexibility index (Phi) is 6.25. The molecule has 1 N–H and O–H groups in total. The van der Waals surface area contributed by atoms with Crippen LogP contribution in [0, 0.1) is 11.3 Å². The molecule has 4 saturated heterocycles. The number of ether oxygens (including phenoxy) is 3. The number of morpholine rings is 2. The molecule has 10 heteroatoms. The molecule has 214 valence electrons. The summed E-state index contributed by atoms with van der Waals surface area (Å²) in [6.07, 6.45) is 0.153. The zero-order valence-electron chi connectivity index (χ0n) is 24.0. The quantitative estimate of drug-likeness (QED) is 0.475. The standard InChI is InChI=1S/C32H35BN6O3/c1-21-12-38(28-6-2-22(11-34)30-26(28)4-7-29(33)36-30)14-25(42-21)13-37-19-32(20-37)27-5-3-24(10-23(27)15-41-32)39-17-31(18-39)16-35-8-9-40-31/h2-7,10,21,25,35H,8-9,12-20H2,1H3/t21-,25+/m1/s1. The first kappa shape index (κ1) is 26.4. The molecule has 6 heterocycles. The van der Waals surface area contributed by atoms with Crippen molar-refractivity contribution in [2.24, 2.45) is 0 Å². The van der Waals surface area contributed by atoms with E-state index >= 15 is 0 Å². The van der Waals surface area contributed by atoms with Crippen molar-refractivity contribution in [3.8, 4) is 6.07 Å². The molecule has 0 amide bonds. The van der Waals surface area contributed by atoms with Crippen LogP contribution in [-0.4, -0.2) is 101 Å². The van der Waals surface area contributed by atoms with Crippen LogP contribution < -0.4 is 20.7 Å². The molecule has 0 unspecified atom stereocenters. The van der Waals surface area contributed by atoms with Crippen LogP contribution in [0.3, 0.4) is 0 Å². The third-order valence-electron chi connectivity index (χ3n) is 9.60. The van der Waals surface area contributed by atoms with Crippen LogP contribution in [0.5, 0.6) is 0 Å². The van der Waals surface area contributed by atoms with Gasteiger partial charge in [-0.15, -0.1) is 0 Å². The first-order chi connectivity index (χ1) is 20.4. The summed E-state index contributed by atoms with van der Waals surface area (Å²) >= 11 is 0. The summed E-state index contributed by atoms with van der Waals surface area (Å²) in [5.41, 5.74) is 6.37. The molecule has 8 rings (SSSR count). The molecule has 0 saturated carbocycles. The minimum Gasteiger partial charge on any atom is -0.370 e. The smallest absolute Gasteiger partial charge is 0.141 e. The second kappa shape index (κ2) is 9.93. The highest BCUT2D eigenvalue weighted by Crippen LogP contribution is 2.45. The minimum atomic E-state index is -0.213. The number of fused-ring (bicyclic) bond motifs is 3. The molecule has 4 fully saturated rings. The number of nitrogens with one attached hydrogen (secondary N) is 1. The van der Waals surface area contributed by atoms with Gasteiger partial charge >= 0.3 is 0 Å². The number of nitriles is 1. The van der Waals surface area contributed by atoms with Crippen LogP contribution in [0.1, 0.15) is 23.6 Å². The Morgan fingerprint density at radius 1 is 1.07 bits per heavy atom. The Hall–Kier alpha value is -3.20. The maximum Gasteiger partial charge on any atom is 0.141 e. The fraction of sp³-hybridized carbons (Fsp3) is 0.500. The van der Waals surface area contributed by atoms with Crippen molar-refractivity contribution >= 4 is 35.7 Å². The first-order valence-corrected chi connectivity index (χ1v) is 15.0. The van der Waals surface area contributed by atoms with E-state index in [0.717, 1.165) is 76.6 Å². The monoisotopic (exact) mass is 562 g/mol. The van der Waals surface area contributed by atoms with Gasteiger partial charge in [0.1, 0.15) is 25.1 Å². The predicted molar refractivity (Wildman–Crippen MR) is 162 cm³/mol. The van der Waals surface area contributed by atoms with E-state index in [1.54, 1.807) is 6.07 Å². The average Bonchev–Trinajstić information content (AvgIpc) is 3.34. The van der Waals surface area contributed by atoms with Gasteiger partial charge in [-0.1, -0.05) is 12.1 Å². The number of hydrogen-bond donors (Lipinski definition) is 1. The Labute approximate surface area is 247 Å². The highest BCUT2D eigenvalue weighted by Gasteiger charge is 2.51. The van der Waals surface area contributed by atoms with E-state index in [4.69, 9.17) is 22.1 Å². The number of hydrogen-bond acceptors (Lipinski definition) is 9. The molecule has 5 aliphatic rings. The van der Waals surface area contributed by atoms with Crippen molar-refractivity contribution in [3.63, 3.8) is 0 Å². The van der Waals surface area contributed by atoms with Gasteiger partial charge in [-0.25, -0.2) is 0 Å². The van der Waals surface area contributed by atoms with Gasteiger partial charge < -0.3 is 29.3 Å². The van der Waals surface area contributed by atoms with Crippen LogP contribution in [0.15, 0.2) is 42.5 Å². The summed E-state index contributed by atoms with van der Waals surface area (Å²) in [6, 6.07) is 16.8. The average molecular weight is 562 g/mol. The van der Waals surface area contributed by atoms with Gasteiger partial charge in [-0.2, -0.15) is 5.26 Å². The molecule has 2 spiro atoms. The van der Waals surface area contributed by atoms with Crippen molar-refractivity contribution in [1.82, 2.24) is 15.2 Å².